The summed E-state index contributed by atoms with van der Waals surface area (Å²) in [7, 11) is 3.20. The van der Waals surface area contributed by atoms with Gasteiger partial charge in [0.15, 0.2) is 0 Å². The number of benzene rings is 1. The molecule has 1 aromatic rings. The third-order valence-electron chi connectivity index (χ3n) is 1.87. The van der Waals surface area contributed by atoms with Crippen LogP contribution in [0.15, 0.2) is 23.2 Å². The van der Waals surface area contributed by atoms with Crippen LogP contribution in [0.25, 0.3) is 0 Å². The molecule has 0 unspecified atom stereocenters. The van der Waals surface area contributed by atoms with Crippen molar-refractivity contribution in [3.8, 4) is 0 Å². The summed E-state index contributed by atoms with van der Waals surface area (Å²) in [5, 5.41) is 14.0. The molecule has 80 valence electrons. The van der Waals surface area contributed by atoms with Crippen molar-refractivity contribution in [2.75, 3.05) is 14.1 Å². The van der Waals surface area contributed by atoms with E-state index < -0.39 is 4.92 Å². The van der Waals surface area contributed by atoms with E-state index in [9.17, 15) is 10.1 Å². The van der Waals surface area contributed by atoms with Crippen LogP contribution in [0.4, 0.5) is 5.69 Å². The summed E-state index contributed by atoms with van der Waals surface area (Å²) in [5.74, 6) is 0.434. The van der Waals surface area contributed by atoms with Crippen LogP contribution in [-0.4, -0.2) is 24.9 Å². The molecule has 0 aliphatic carbocycles. The number of nitro benzene ring substituents is 1. The summed E-state index contributed by atoms with van der Waals surface area (Å²) in [4.78, 5) is 14.2. The van der Waals surface area contributed by atoms with Gasteiger partial charge in [-0.3, -0.25) is 15.1 Å². The highest BCUT2D eigenvalue weighted by Gasteiger charge is 2.17. The van der Waals surface area contributed by atoms with E-state index in [4.69, 9.17) is 11.6 Å². The molecule has 15 heavy (non-hydrogen) atoms. The molecular weight excluding hydrogens is 218 g/mol. The van der Waals surface area contributed by atoms with Crippen molar-refractivity contribution in [2.45, 2.75) is 0 Å². The molecule has 0 aliphatic rings. The third-order valence-corrected chi connectivity index (χ3v) is 2.11. The number of nitrogens with zero attached hydrogens (tertiary/aromatic N) is 2. The van der Waals surface area contributed by atoms with Crippen molar-refractivity contribution in [1.29, 1.82) is 0 Å². The van der Waals surface area contributed by atoms with Crippen LogP contribution in [0, 0.1) is 10.1 Å². The zero-order chi connectivity index (χ0) is 11.4. The predicted molar refractivity (Wildman–Crippen MR) is 59.6 cm³/mol. The summed E-state index contributed by atoms with van der Waals surface area (Å²) in [6.07, 6.45) is 0. The number of hydrogen-bond donors (Lipinski definition) is 1. The largest absolute Gasteiger partial charge is 0.373 e. The van der Waals surface area contributed by atoms with E-state index in [1.54, 1.807) is 14.1 Å². The van der Waals surface area contributed by atoms with E-state index in [1.165, 1.54) is 18.2 Å². The molecule has 1 N–H and O–H groups in total. The van der Waals surface area contributed by atoms with Gasteiger partial charge < -0.3 is 5.32 Å². The van der Waals surface area contributed by atoms with Gasteiger partial charge in [-0.1, -0.05) is 11.6 Å². The van der Waals surface area contributed by atoms with Crippen molar-refractivity contribution >= 4 is 23.1 Å². The summed E-state index contributed by atoms with van der Waals surface area (Å²) < 4.78 is 0. The molecular formula is C9H10ClN3O2. The highest BCUT2D eigenvalue weighted by Crippen LogP contribution is 2.22. The summed E-state index contributed by atoms with van der Waals surface area (Å²) in [6.45, 7) is 0. The molecule has 0 aromatic heterocycles. The lowest BCUT2D eigenvalue weighted by Gasteiger charge is -2.05. The van der Waals surface area contributed by atoms with Gasteiger partial charge in [-0.2, -0.15) is 0 Å². The lowest BCUT2D eigenvalue weighted by atomic mass is 10.1. The molecule has 0 bridgehead atoms. The van der Waals surface area contributed by atoms with Crippen molar-refractivity contribution < 1.29 is 4.92 Å². The van der Waals surface area contributed by atoms with Gasteiger partial charge >= 0.3 is 0 Å². The molecule has 6 heteroatoms. The van der Waals surface area contributed by atoms with E-state index in [0.29, 0.717) is 16.4 Å². The molecule has 0 radical (unpaired) electrons. The van der Waals surface area contributed by atoms with Gasteiger partial charge in [0, 0.05) is 25.2 Å². The van der Waals surface area contributed by atoms with Crippen LogP contribution in [0.2, 0.25) is 5.02 Å². The van der Waals surface area contributed by atoms with Crippen LogP contribution in [0.1, 0.15) is 5.56 Å². The fraction of sp³-hybridized carbons (Fsp3) is 0.222. The number of aliphatic imine (C=N–C) groups is 1. The number of rotatable bonds is 2. The predicted octanol–water partition coefficient (Wildman–Crippen LogP) is 1.84. The first-order valence-corrected chi connectivity index (χ1v) is 4.56. The van der Waals surface area contributed by atoms with Gasteiger partial charge in [0.05, 0.1) is 10.5 Å². The second kappa shape index (κ2) is 4.75. The molecule has 0 saturated heterocycles. The maximum atomic E-state index is 10.7. The minimum absolute atomic E-state index is 0.0191. The summed E-state index contributed by atoms with van der Waals surface area (Å²) in [5.41, 5.74) is 0.367. The fourth-order valence-corrected chi connectivity index (χ4v) is 1.40. The average Bonchev–Trinajstić information content (AvgIpc) is 2.19. The Kier molecular flexibility index (Phi) is 3.62. The lowest BCUT2D eigenvalue weighted by Crippen LogP contribution is -2.20. The Morgan fingerprint density at radius 2 is 2.27 bits per heavy atom. The number of amidine groups is 1. The standard InChI is InChI=1S/C9H10ClN3O2/c1-11-9(12-2)7-5-6(10)3-4-8(7)13(14)15/h3-5H,1-2H3,(H,11,12). The first-order chi connectivity index (χ1) is 7.10. The zero-order valence-electron chi connectivity index (χ0n) is 8.32. The number of nitrogens with one attached hydrogen (secondary N) is 1. The third kappa shape index (κ3) is 2.44. The van der Waals surface area contributed by atoms with E-state index >= 15 is 0 Å². The molecule has 1 rings (SSSR count). The molecule has 0 heterocycles. The van der Waals surface area contributed by atoms with Crippen LogP contribution < -0.4 is 5.32 Å². The van der Waals surface area contributed by atoms with E-state index in [2.05, 4.69) is 10.3 Å². The number of halogens is 1. The molecule has 0 atom stereocenters. The fourth-order valence-electron chi connectivity index (χ4n) is 1.22. The van der Waals surface area contributed by atoms with E-state index in [1.807, 2.05) is 0 Å². The number of hydrogen-bond acceptors (Lipinski definition) is 3. The second-order valence-corrected chi connectivity index (χ2v) is 3.18. The average molecular weight is 228 g/mol. The molecule has 5 nitrogen and oxygen atoms in total. The summed E-state index contributed by atoms with van der Waals surface area (Å²) in [6, 6.07) is 4.35. The van der Waals surface area contributed by atoms with Gasteiger partial charge in [0.1, 0.15) is 5.84 Å². The van der Waals surface area contributed by atoms with Crippen LogP contribution in [0.3, 0.4) is 0 Å². The Morgan fingerprint density at radius 3 is 2.73 bits per heavy atom. The Bertz CT molecular complexity index is 418. The smallest absolute Gasteiger partial charge is 0.280 e. The molecule has 0 saturated carbocycles. The van der Waals surface area contributed by atoms with E-state index in [0.717, 1.165) is 0 Å². The highest BCUT2D eigenvalue weighted by molar-refractivity contribution is 6.31. The summed E-state index contributed by atoms with van der Waals surface area (Å²) >= 11 is 5.77. The van der Waals surface area contributed by atoms with Crippen molar-refractivity contribution in [2.24, 2.45) is 4.99 Å². The Morgan fingerprint density at radius 1 is 1.60 bits per heavy atom. The van der Waals surface area contributed by atoms with Gasteiger partial charge in [-0.25, -0.2) is 0 Å². The van der Waals surface area contributed by atoms with Gasteiger partial charge in [-0.15, -0.1) is 0 Å². The lowest BCUT2D eigenvalue weighted by molar-refractivity contribution is -0.385. The van der Waals surface area contributed by atoms with Crippen LogP contribution in [0.5, 0.6) is 0 Å². The van der Waals surface area contributed by atoms with Crippen LogP contribution in [-0.2, 0) is 0 Å². The Hall–Kier alpha value is -1.62. The van der Waals surface area contributed by atoms with Gasteiger partial charge in [0.25, 0.3) is 5.69 Å². The maximum Gasteiger partial charge on any atom is 0.280 e. The molecule has 1 aromatic carbocycles. The molecule has 0 spiro atoms. The van der Waals surface area contributed by atoms with Crippen LogP contribution >= 0.6 is 11.6 Å². The topological polar surface area (TPSA) is 67.5 Å². The molecule has 0 aliphatic heterocycles. The van der Waals surface area contributed by atoms with Gasteiger partial charge in [0.2, 0.25) is 0 Å². The highest BCUT2D eigenvalue weighted by atomic mass is 35.5. The first-order valence-electron chi connectivity index (χ1n) is 4.19. The van der Waals surface area contributed by atoms with Gasteiger partial charge in [-0.05, 0) is 12.1 Å². The van der Waals surface area contributed by atoms with E-state index in [-0.39, 0.29) is 5.69 Å². The van der Waals surface area contributed by atoms with Crippen molar-refractivity contribution in [3.05, 3.63) is 38.9 Å². The maximum absolute atomic E-state index is 10.7. The SMILES string of the molecule is CN=C(NC)c1cc(Cl)ccc1[N+](=O)[O-]. The zero-order valence-corrected chi connectivity index (χ0v) is 9.08. The minimum atomic E-state index is -0.464. The molecule has 0 amide bonds. The monoisotopic (exact) mass is 227 g/mol. The minimum Gasteiger partial charge on any atom is -0.373 e. The Balaban J connectivity index is 3.36. The normalized spacial score (nSPS) is 11.3. The van der Waals surface area contributed by atoms with Crippen molar-refractivity contribution in [1.82, 2.24) is 5.32 Å². The molecule has 0 fully saturated rings. The Labute approximate surface area is 91.9 Å². The quantitative estimate of drug-likeness (QED) is 0.363. The first kappa shape index (κ1) is 11.5. The van der Waals surface area contributed by atoms with Crippen molar-refractivity contribution in [3.63, 3.8) is 0 Å². The number of nitro groups is 1. The second-order valence-electron chi connectivity index (χ2n) is 2.74.